The van der Waals surface area contributed by atoms with E-state index in [1.165, 1.54) is 38.8 Å². The van der Waals surface area contributed by atoms with Crippen LogP contribution < -0.4 is 26.0 Å². The molecule has 2 atom stereocenters. The van der Waals surface area contributed by atoms with E-state index in [2.05, 4.69) is 50.5 Å². The molecule has 2 aromatic heterocycles. The van der Waals surface area contributed by atoms with Crippen molar-refractivity contribution in [3.05, 3.63) is 30.1 Å². The lowest BCUT2D eigenvalue weighted by Crippen LogP contribution is -2.56. The number of nitrogens with zero attached hydrogens (tertiary/aromatic N) is 5. The zero-order valence-electron chi connectivity index (χ0n) is 24.9. The number of rotatable bonds is 7. The molecule has 4 saturated heterocycles. The van der Waals surface area contributed by atoms with Gasteiger partial charge in [0.2, 0.25) is 0 Å². The molecule has 0 radical (unpaired) electrons. The first-order valence-electron chi connectivity index (χ1n) is 15.8. The lowest BCUT2D eigenvalue weighted by atomic mass is 9.99. The van der Waals surface area contributed by atoms with E-state index >= 15 is 0 Å². The van der Waals surface area contributed by atoms with E-state index in [1.807, 2.05) is 6.20 Å². The first kappa shape index (κ1) is 27.6. The van der Waals surface area contributed by atoms with Crippen molar-refractivity contribution in [1.82, 2.24) is 25.2 Å². The van der Waals surface area contributed by atoms with E-state index in [0.717, 1.165) is 85.2 Å². The number of methoxy groups -OCH3 is 1. The minimum atomic E-state index is 0.323. The van der Waals surface area contributed by atoms with Crippen LogP contribution in [-0.4, -0.2) is 90.5 Å². The van der Waals surface area contributed by atoms with Crippen molar-refractivity contribution in [1.29, 1.82) is 0 Å². The molecule has 10 heteroatoms. The van der Waals surface area contributed by atoms with Crippen molar-refractivity contribution >= 4 is 28.4 Å². The van der Waals surface area contributed by atoms with E-state index in [1.54, 1.807) is 7.11 Å². The third kappa shape index (κ3) is 5.36. The number of anilines is 3. The summed E-state index contributed by atoms with van der Waals surface area (Å²) >= 11 is 0. The smallest absolute Gasteiger partial charge is 0.151 e. The molecule has 0 saturated carbocycles. The summed E-state index contributed by atoms with van der Waals surface area (Å²) < 4.78 is 11.5. The van der Waals surface area contributed by atoms with Crippen LogP contribution in [0.25, 0.3) is 22.2 Å². The monoisotopic (exact) mass is 572 g/mol. The maximum atomic E-state index is 6.33. The fraction of sp³-hybridized carbons (Fsp3) is 0.594. The lowest BCUT2D eigenvalue weighted by molar-refractivity contribution is 0.0903. The first-order chi connectivity index (χ1) is 20.6. The third-order valence-electron chi connectivity index (χ3n) is 9.75. The number of nitrogens with one attached hydrogen (secondary N) is 2. The number of hydrogen-bond acceptors (Lipinski definition) is 10. The molecule has 0 spiro atoms. The largest absolute Gasteiger partial charge is 0.495 e. The Morgan fingerprint density at radius 2 is 1.79 bits per heavy atom. The van der Waals surface area contributed by atoms with E-state index < -0.39 is 0 Å². The zero-order chi connectivity index (χ0) is 28.6. The van der Waals surface area contributed by atoms with Crippen molar-refractivity contribution in [2.24, 2.45) is 0 Å². The summed E-state index contributed by atoms with van der Waals surface area (Å²) in [6.45, 7) is 8.12. The summed E-state index contributed by atoms with van der Waals surface area (Å²) in [4.78, 5) is 19.8. The minimum absolute atomic E-state index is 0.323. The van der Waals surface area contributed by atoms with Crippen LogP contribution in [0.1, 0.15) is 51.1 Å². The van der Waals surface area contributed by atoms with Gasteiger partial charge in [-0.1, -0.05) is 13.0 Å². The Hall–Kier alpha value is -3.21. The Morgan fingerprint density at radius 1 is 1.02 bits per heavy atom. The number of nitrogens with two attached hydrogens (primary N) is 1. The molecule has 2 bridgehead atoms. The van der Waals surface area contributed by atoms with Crippen LogP contribution in [0, 0.1) is 0 Å². The van der Waals surface area contributed by atoms with E-state index in [9.17, 15) is 0 Å². The van der Waals surface area contributed by atoms with Gasteiger partial charge < -0.3 is 30.7 Å². The molecular weight excluding hydrogens is 528 g/mol. The number of likely N-dealkylation sites (tertiary alicyclic amines) is 1. The summed E-state index contributed by atoms with van der Waals surface area (Å²) in [6, 6.07) is 8.86. The number of nitrogen functional groups attached to an aromatic ring is 1. The van der Waals surface area contributed by atoms with Gasteiger partial charge in [0.1, 0.15) is 22.6 Å². The maximum Gasteiger partial charge on any atom is 0.151 e. The van der Waals surface area contributed by atoms with Crippen molar-refractivity contribution in [2.75, 3.05) is 62.5 Å². The van der Waals surface area contributed by atoms with Crippen LogP contribution in [0.4, 0.5) is 17.3 Å². The highest BCUT2D eigenvalue weighted by molar-refractivity contribution is 5.97. The standard InChI is InChI=1S/C32H44N8O2/c1-3-26-32(36-21-10-14-42-15-11-21)38-29-25(17-34-31(33)30(29)37-26)20-4-7-27(28(16-20)41-2)39-12-8-24(9-13-39)40-18-22-5-6-23(19-40)35-22/h4,7,16-17,21-24,35H,3,5-6,8-15,18-19H2,1-2H3,(H2,33,34)(H,36,38). The van der Waals surface area contributed by atoms with Crippen molar-refractivity contribution < 1.29 is 9.47 Å². The average Bonchev–Trinajstić information content (AvgIpc) is 3.38. The Labute approximate surface area is 248 Å². The molecule has 1 aromatic carbocycles. The number of piperidine rings is 1. The number of ether oxygens (including phenoxy) is 2. The number of aromatic nitrogens is 3. The van der Waals surface area contributed by atoms with E-state index in [0.29, 0.717) is 35.5 Å². The lowest BCUT2D eigenvalue weighted by Gasteiger charge is -2.43. The molecule has 7 rings (SSSR count). The highest BCUT2D eigenvalue weighted by atomic mass is 16.5. The second-order valence-corrected chi connectivity index (χ2v) is 12.4. The predicted molar refractivity (Wildman–Crippen MR) is 167 cm³/mol. The number of aryl methyl sites for hydroxylation is 1. The van der Waals surface area contributed by atoms with Crippen molar-refractivity contribution in [3.63, 3.8) is 0 Å². The van der Waals surface area contributed by atoms with Gasteiger partial charge in [-0.3, -0.25) is 4.90 Å². The second kappa shape index (κ2) is 11.8. The second-order valence-electron chi connectivity index (χ2n) is 12.4. The van der Waals surface area contributed by atoms with Crippen LogP contribution >= 0.6 is 0 Å². The molecule has 6 heterocycles. The van der Waals surface area contributed by atoms with Crippen LogP contribution in [-0.2, 0) is 11.2 Å². The minimum Gasteiger partial charge on any atom is -0.495 e. The van der Waals surface area contributed by atoms with Gasteiger partial charge in [0.05, 0.1) is 18.5 Å². The van der Waals surface area contributed by atoms with E-state index in [4.69, 9.17) is 25.2 Å². The number of benzene rings is 1. The molecule has 2 unspecified atom stereocenters. The van der Waals surface area contributed by atoms with E-state index in [-0.39, 0.29) is 0 Å². The fourth-order valence-corrected chi connectivity index (χ4v) is 7.41. The number of fused-ring (bicyclic) bond motifs is 3. The van der Waals surface area contributed by atoms with Gasteiger partial charge in [0, 0.05) is 75.3 Å². The van der Waals surface area contributed by atoms with Crippen LogP contribution in [0.15, 0.2) is 24.4 Å². The summed E-state index contributed by atoms with van der Waals surface area (Å²) in [7, 11) is 1.76. The molecule has 224 valence electrons. The van der Waals surface area contributed by atoms with Crippen LogP contribution in [0.5, 0.6) is 5.75 Å². The summed E-state index contributed by atoms with van der Waals surface area (Å²) in [5.41, 5.74) is 11.7. The SMILES string of the molecule is CCc1nc2c(N)ncc(-c3ccc(N4CCC(N5CC6CCC(C5)N6)CC4)c(OC)c3)c2nc1NC1CCOCC1. The molecule has 4 fully saturated rings. The topological polar surface area (TPSA) is 114 Å². The van der Waals surface area contributed by atoms with Gasteiger partial charge in [-0.15, -0.1) is 0 Å². The average molecular weight is 573 g/mol. The zero-order valence-corrected chi connectivity index (χ0v) is 24.9. The molecule has 3 aromatic rings. The number of hydrogen-bond donors (Lipinski definition) is 3. The first-order valence-corrected chi connectivity index (χ1v) is 15.8. The van der Waals surface area contributed by atoms with Gasteiger partial charge in [-0.2, -0.15) is 0 Å². The molecule has 0 amide bonds. The highest BCUT2D eigenvalue weighted by Gasteiger charge is 2.36. The summed E-state index contributed by atoms with van der Waals surface area (Å²) in [5.74, 6) is 2.10. The molecule has 10 nitrogen and oxygen atoms in total. The molecule has 4 N–H and O–H groups in total. The quantitative estimate of drug-likeness (QED) is 0.386. The Kier molecular flexibility index (Phi) is 7.77. The van der Waals surface area contributed by atoms with Gasteiger partial charge in [0.15, 0.2) is 5.82 Å². The van der Waals surface area contributed by atoms with Gasteiger partial charge in [-0.25, -0.2) is 15.0 Å². The Balaban J connectivity index is 1.14. The van der Waals surface area contributed by atoms with Gasteiger partial charge in [0.25, 0.3) is 0 Å². The van der Waals surface area contributed by atoms with Crippen molar-refractivity contribution in [3.8, 4) is 16.9 Å². The summed E-state index contributed by atoms with van der Waals surface area (Å²) in [6.07, 6.45) is 9.54. The third-order valence-corrected chi connectivity index (χ3v) is 9.75. The van der Waals surface area contributed by atoms with Crippen LogP contribution in [0.3, 0.4) is 0 Å². The fourth-order valence-electron chi connectivity index (χ4n) is 7.41. The molecule has 0 aliphatic carbocycles. The highest BCUT2D eigenvalue weighted by Crippen LogP contribution is 2.38. The van der Waals surface area contributed by atoms with Gasteiger partial charge >= 0.3 is 0 Å². The maximum absolute atomic E-state index is 6.33. The predicted octanol–water partition coefficient (Wildman–Crippen LogP) is 3.84. The number of pyridine rings is 1. The van der Waals surface area contributed by atoms with Crippen molar-refractivity contribution in [2.45, 2.75) is 76.0 Å². The Bertz CT molecular complexity index is 1410. The molecular formula is C32H44N8O2. The molecule has 42 heavy (non-hydrogen) atoms. The Morgan fingerprint density at radius 3 is 2.50 bits per heavy atom. The number of piperazine rings is 1. The van der Waals surface area contributed by atoms with Crippen LogP contribution in [0.2, 0.25) is 0 Å². The molecule has 4 aliphatic rings. The summed E-state index contributed by atoms with van der Waals surface area (Å²) in [5, 5.41) is 7.42. The molecule has 4 aliphatic heterocycles. The normalized spacial score (nSPS) is 23.9. The van der Waals surface area contributed by atoms with Gasteiger partial charge in [-0.05, 0) is 62.6 Å².